The molecule has 106 valence electrons. The molecule has 6 nitrogen and oxygen atoms in total. The highest BCUT2D eigenvalue weighted by Gasteiger charge is 2.09. The molecular weight excluding hydrogens is 252 g/mol. The summed E-state index contributed by atoms with van der Waals surface area (Å²) in [6.07, 6.45) is 5.07. The Hall–Kier alpha value is -2.21. The molecule has 2 aromatic heterocycles. The van der Waals surface area contributed by atoms with Crippen molar-refractivity contribution in [2.24, 2.45) is 5.84 Å². The van der Waals surface area contributed by atoms with Crippen molar-refractivity contribution in [1.29, 1.82) is 0 Å². The van der Waals surface area contributed by atoms with Crippen LogP contribution >= 0.6 is 0 Å². The van der Waals surface area contributed by atoms with Crippen LogP contribution in [0.15, 0.2) is 24.7 Å². The molecule has 0 saturated carbocycles. The summed E-state index contributed by atoms with van der Waals surface area (Å²) < 4.78 is 0. The van der Waals surface area contributed by atoms with E-state index in [0.717, 1.165) is 29.9 Å². The number of anilines is 2. The second-order valence-corrected chi connectivity index (χ2v) is 4.36. The summed E-state index contributed by atoms with van der Waals surface area (Å²) in [5.74, 6) is 6.92. The van der Waals surface area contributed by atoms with Crippen LogP contribution in [0.2, 0.25) is 0 Å². The SMILES string of the molecule is CCc1cccnc1CNc1ncnc(NN)c1CC. The molecule has 0 aliphatic rings. The summed E-state index contributed by atoms with van der Waals surface area (Å²) in [4.78, 5) is 12.8. The predicted octanol–water partition coefficient (Wildman–Crippen LogP) is 1.89. The maximum atomic E-state index is 5.47. The summed E-state index contributed by atoms with van der Waals surface area (Å²) in [6.45, 7) is 4.81. The minimum absolute atomic E-state index is 0.637. The Bertz CT molecular complexity index is 569. The number of nitrogens with two attached hydrogens (primary N) is 1. The Morgan fingerprint density at radius 1 is 1.10 bits per heavy atom. The van der Waals surface area contributed by atoms with Crippen LogP contribution in [0.4, 0.5) is 11.6 Å². The van der Waals surface area contributed by atoms with E-state index in [4.69, 9.17) is 5.84 Å². The molecule has 0 spiro atoms. The van der Waals surface area contributed by atoms with E-state index >= 15 is 0 Å². The van der Waals surface area contributed by atoms with Crippen LogP contribution in [0.25, 0.3) is 0 Å². The zero-order valence-corrected chi connectivity index (χ0v) is 11.8. The molecule has 0 aliphatic heterocycles. The summed E-state index contributed by atoms with van der Waals surface area (Å²) in [6, 6.07) is 4.05. The third-order valence-electron chi connectivity index (χ3n) is 3.22. The molecule has 0 aromatic carbocycles. The van der Waals surface area contributed by atoms with Crippen LogP contribution in [0.5, 0.6) is 0 Å². The highest BCUT2D eigenvalue weighted by atomic mass is 15.3. The molecule has 0 bridgehead atoms. The number of nitrogens with zero attached hydrogens (tertiary/aromatic N) is 3. The molecule has 6 heteroatoms. The summed E-state index contributed by atoms with van der Waals surface area (Å²) >= 11 is 0. The first-order valence-electron chi connectivity index (χ1n) is 6.77. The van der Waals surface area contributed by atoms with Gasteiger partial charge in [-0.2, -0.15) is 0 Å². The van der Waals surface area contributed by atoms with Gasteiger partial charge in [0.2, 0.25) is 0 Å². The van der Waals surface area contributed by atoms with Gasteiger partial charge < -0.3 is 10.7 Å². The van der Waals surface area contributed by atoms with Crippen molar-refractivity contribution in [1.82, 2.24) is 15.0 Å². The van der Waals surface area contributed by atoms with Crippen molar-refractivity contribution in [2.75, 3.05) is 10.7 Å². The standard InChI is InChI=1S/C14H20N6/c1-3-10-6-5-7-16-12(10)8-17-13-11(4-2)14(20-15)19-9-18-13/h5-7,9H,3-4,8,15H2,1-2H3,(H2,17,18,19,20). The summed E-state index contributed by atoms with van der Waals surface area (Å²) in [7, 11) is 0. The quantitative estimate of drug-likeness (QED) is 0.550. The smallest absolute Gasteiger partial charge is 0.148 e. The third kappa shape index (κ3) is 3.03. The molecule has 20 heavy (non-hydrogen) atoms. The molecule has 2 aromatic rings. The number of pyridine rings is 1. The van der Waals surface area contributed by atoms with Gasteiger partial charge in [-0.1, -0.05) is 19.9 Å². The topological polar surface area (TPSA) is 88.8 Å². The van der Waals surface area contributed by atoms with E-state index in [9.17, 15) is 0 Å². The molecule has 0 amide bonds. The molecule has 0 aliphatic carbocycles. The van der Waals surface area contributed by atoms with Gasteiger partial charge in [0.25, 0.3) is 0 Å². The maximum Gasteiger partial charge on any atom is 0.148 e. The van der Waals surface area contributed by atoms with Crippen LogP contribution in [-0.2, 0) is 19.4 Å². The van der Waals surface area contributed by atoms with E-state index in [0.29, 0.717) is 12.4 Å². The monoisotopic (exact) mass is 272 g/mol. The van der Waals surface area contributed by atoms with Gasteiger partial charge in [0.1, 0.15) is 18.0 Å². The van der Waals surface area contributed by atoms with Gasteiger partial charge in [0.15, 0.2) is 0 Å². The van der Waals surface area contributed by atoms with Gasteiger partial charge in [-0.3, -0.25) is 4.98 Å². The lowest BCUT2D eigenvalue weighted by Crippen LogP contribution is -2.14. The van der Waals surface area contributed by atoms with Gasteiger partial charge in [-0.25, -0.2) is 15.8 Å². The van der Waals surface area contributed by atoms with E-state index in [1.165, 1.54) is 11.9 Å². The van der Waals surface area contributed by atoms with Gasteiger partial charge >= 0.3 is 0 Å². The minimum atomic E-state index is 0.637. The third-order valence-corrected chi connectivity index (χ3v) is 3.22. The predicted molar refractivity (Wildman–Crippen MR) is 80.2 cm³/mol. The van der Waals surface area contributed by atoms with E-state index in [-0.39, 0.29) is 0 Å². The molecule has 0 fully saturated rings. The second-order valence-electron chi connectivity index (χ2n) is 4.36. The van der Waals surface area contributed by atoms with Crippen LogP contribution in [0.3, 0.4) is 0 Å². The van der Waals surface area contributed by atoms with Crippen LogP contribution in [-0.4, -0.2) is 15.0 Å². The number of aromatic nitrogens is 3. The van der Waals surface area contributed by atoms with Crippen molar-refractivity contribution in [3.8, 4) is 0 Å². The van der Waals surface area contributed by atoms with Crippen molar-refractivity contribution >= 4 is 11.6 Å². The number of aryl methyl sites for hydroxylation is 1. The first-order valence-corrected chi connectivity index (χ1v) is 6.77. The average molecular weight is 272 g/mol. The zero-order chi connectivity index (χ0) is 14.4. The molecule has 2 heterocycles. The lowest BCUT2D eigenvalue weighted by atomic mass is 10.1. The van der Waals surface area contributed by atoms with E-state index in [1.54, 1.807) is 0 Å². The van der Waals surface area contributed by atoms with Crippen molar-refractivity contribution in [3.05, 3.63) is 41.5 Å². The Labute approximate surface area is 118 Å². The van der Waals surface area contributed by atoms with Gasteiger partial charge in [0.05, 0.1) is 12.2 Å². The Kier molecular flexibility index (Phi) is 4.84. The molecule has 0 saturated heterocycles. The van der Waals surface area contributed by atoms with Gasteiger partial charge in [-0.05, 0) is 24.5 Å². The van der Waals surface area contributed by atoms with Crippen molar-refractivity contribution < 1.29 is 0 Å². The second kappa shape index (κ2) is 6.81. The number of hydrogen-bond acceptors (Lipinski definition) is 6. The minimum Gasteiger partial charge on any atom is -0.364 e. The lowest BCUT2D eigenvalue weighted by molar-refractivity contribution is 0.947. The Balaban J connectivity index is 2.19. The molecule has 0 atom stereocenters. The average Bonchev–Trinajstić information content (AvgIpc) is 2.52. The van der Waals surface area contributed by atoms with Crippen LogP contribution in [0, 0.1) is 0 Å². The molecule has 2 rings (SSSR count). The first-order chi connectivity index (χ1) is 9.80. The fourth-order valence-electron chi connectivity index (χ4n) is 2.14. The molecule has 0 unspecified atom stereocenters. The number of hydrazine groups is 1. The van der Waals surface area contributed by atoms with Crippen LogP contribution < -0.4 is 16.6 Å². The summed E-state index contributed by atoms with van der Waals surface area (Å²) in [5, 5.41) is 3.32. The Morgan fingerprint density at radius 2 is 1.90 bits per heavy atom. The van der Waals surface area contributed by atoms with E-state index in [1.807, 2.05) is 19.2 Å². The largest absolute Gasteiger partial charge is 0.364 e. The van der Waals surface area contributed by atoms with Gasteiger partial charge in [-0.15, -0.1) is 0 Å². The first kappa shape index (κ1) is 14.2. The highest BCUT2D eigenvalue weighted by molar-refractivity contribution is 5.56. The molecular formula is C14H20N6. The van der Waals surface area contributed by atoms with Crippen molar-refractivity contribution in [3.63, 3.8) is 0 Å². The zero-order valence-electron chi connectivity index (χ0n) is 11.8. The maximum absolute atomic E-state index is 5.47. The van der Waals surface area contributed by atoms with E-state index < -0.39 is 0 Å². The van der Waals surface area contributed by atoms with Gasteiger partial charge in [0, 0.05) is 11.8 Å². The number of hydrogen-bond donors (Lipinski definition) is 3. The normalized spacial score (nSPS) is 10.3. The summed E-state index contributed by atoms with van der Waals surface area (Å²) in [5.41, 5.74) is 5.86. The highest BCUT2D eigenvalue weighted by Crippen LogP contribution is 2.20. The van der Waals surface area contributed by atoms with Crippen molar-refractivity contribution in [2.45, 2.75) is 33.2 Å². The Morgan fingerprint density at radius 3 is 2.60 bits per heavy atom. The van der Waals surface area contributed by atoms with Crippen LogP contribution in [0.1, 0.15) is 30.7 Å². The number of rotatable bonds is 6. The number of nitrogens with one attached hydrogen (secondary N) is 2. The van der Waals surface area contributed by atoms with E-state index in [2.05, 4.69) is 38.7 Å². The lowest BCUT2D eigenvalue weighted by Gasteiger charge is -2.13. The fourth-order valence-corrected chi connectivity index (χ4v) is 2.14. The molecule has 0 radical (unpaired) electrons. The molecule has 4 N–H and O–H groups in total. The fraction of sp³-hybridized carbons (Fsp3) is 0.357. The number of nitrogen functional groups attached to an aromatic ring is 1.